The van der Waals surface area contributed by atoms with Crippen LogP contribution in [0.15, 0.2) is 18.2 Å². The third-order valence-electron chi connectivity index (χ3n) is 2.57. The number of fused-ring (bicyclic) bond motifs is 1. The van der Waals surface area contributed by atoms with Crippen molar-refractivity contribution >= 4 is 5.82 Å². The van der Waals surface area contributed by atoms with Crippen molar-refractivity contribution in [3.8, 4) is 22.8 Å². The zero-order chi connectivity index (χ0) is 11.8. The van der Waals surface area contributed by atoms with Gasteiger partial charge in [0.05, 0.1) is 5.69 Å². The minimum atomic E-state index is -0.562. The van der Waals surface area contributed by atoms with Crippen LogP contribution in [-0.2, 0) is 6.67 Å². The van der Waals surface area contributed by atoms with E-state index in [0.717, 1.165) is 0 Å². The lowest BCUT2D eigenvalue weighted by Gasteiger charge is -2.05. The molecule has 3 N–H and O–H groups in total. The van der Waals surface area contributed by atoms with Crippen LogP contribution in [0.5, 0.6) is 11.5 Å². The van der Waals surface area contributed by atoms with E-state index in [1.807, 2.05) is 0 Å². The van der Waals surface area contributed by atoms with Crippen molar-refractivity contribution in [1.82, 2.24) is 10.2 Å². The highest BCUT2D eigenvalue weighted by Gasteiger charge is 2.21. The van der Waals surface area contributed by atoms with Crippen molar-refractivity contribution in [2.24, 2.45) is 0 Å². The summed E-state index contributed by atoms with van der Waals surface area (Å²) in [5, 5.41) is 6.61. The summed E-state index contributed by atoms with van der Waals surface area (Å²) in [6.45, 7) is -0.422. The Hall–Kier alpha value is -2.24. The quantitative estimate of drug-likeness (QED) is 0.833. The van der Waals surface area contributed by atoms with E-state index < -0.39 is 6.67 Å². The van der Waals surface area contributed by atoms with Crippen LogP contribution in [0.4, 0.5) is 10.2 Å². The second-order valence-corrected chi connectivity index (χ2v) is 3.72. The highest BCUT2D eigenvalue weighted by atomic mass is 19.1. The van der Waals surface area contributed by atoms with Crippen molar-refractivity contribution in [3.05, 3.63) is 23.8 Å². The largest absolute Gasteiger partial charge is 0.454 e. The molecule has 0 fully saturated rings. The number of H-pyrrole nitrogens is 1. The van der Waals surface area contributed by atoms with Crippen molar-refractivity contribution < 1.29 is 13.9 Å². The zero-order valence-corrected chi connectivity index (χ0v) is 8.87. The number of benzene rings is 1. The Balaban J connectivity index is 2.18. The van der Waals surface area contributed by atoms with Gasteiger partial charge in [0, 0.05) is 11.6 Å². The van der Waals surface area contributed by atoms with E-state index in [0.29, 0.717) is 34.1 Å². The van der Waals surface area contributed by atoms with Gasteiger partial charge in [-0.25, -0.2) is 4.39 Å². The maximum atomic E-state index is 12.7. The number of aromatic nitrogens is 2. The average molecular weight is 235 g/mol. The maximum absolute atomic E-state index is 12.7. The SMILES string of the molecule is Nc1cc(-c2cc(CF)cc3c2OCO3)[nH]n1. The van der Waals surface area contributed by atoms with Crippen LogP contribution in [0.3, 0.4) is 0 Å². The molecule has 6 heteroatoms. The Labute approximate surface area is 96.3 Å². The molecule has 0 amide bonds. The summed E-state index contributed by atoms with van der Waals surface area (Å²) in [5.74, 6) is 1.51. The van der Waals surface area contributed by atoms with Gasteiger partial charge in [0.2, 0.25) is 6.79 Å². The fourth-order valence-corrected chi connectivity index (χ4v) is 1.82. The van der Waals surface area contributed by atoms with Gasteiger partial charge in [0.1, 0.15) is 12.5 Å². The second kappa shape index (κ2) is 3.65. The third kappa shape index (κ3) is 1.57. The Morgan fingerprint density at radius 1 is 1.35 bits per heavy atom. The van der Waals surface area contributed by atoms with Gasteiger partial charge in [-0.05, 0) is 17.7 Å². The molecular formula is C11H10FN3O2. The molecule has 0 radical (unpaired) electrons. The number of aromatic amines is 1. The van der Waals surface area contributed by atoms with Gasteiger partial charge in [-0.15, -0.1) is 0 Å². The first-order chi connectivity index (χ1) is 8.28. The van der Waals surface area contributed by atoms with E-state index >= 15 is 0 Å². The lowest BCUT2D eigenvalue weighted by atomic mass is 10.1. The maximum Gasteiger partial charge on any atom is 0.231 e. The number of hydrogen-bond acceptors (Lipinski definition) is 4. The van der Waals surface area contributed by atoms with Crippen LogP contribution in [0, 0.1) is 0 Å². The minimum absolute atomic E-state index is 0.141. The number of halogens is 1. The van der Waals surface area contributed by atoms with E-state index in [2.05, 4.69) is 10.2 Å². The molecule has 1 aromatic carbocycles. The summed E-state index contributed by atoms with van der Waals surface area (Å²) < 4.78 is 23.4. The predicted octanol–water partition coefficient (Wildman–Crippen LogP) is 1.86. The number of rotatable bonds is 2. The zero-order valence-electron chi connectivity index (χ0n) is 8.87. The van der Waals surface area contributed by atoms with Crippen molar-refractivity contribution in [2.45, 2.75) is 6.67 Å². The van der Waals surface area contributed by atoms with Gasteiger partial charge >= 0.3 is 0 Å². The Kier molecular flexibility index (Phi) is 2.14. The van der Waals surface area contributed by atoms with Gasteiger partial charge in [-0.1, -0.05) is 0 Å². The molecule has 5 nitrogen and oxygen atoms in total. The van der Waals surface area contributed by atoms with E-state index in [4.69, 9.17) is 15.2 Å². The van der Waals surface area contributed by atoms with Gasteiger partial charge in [0.25, 0.3) is 0 Å². The van der Waals surface area contributed by atoms with Gasteiger partial charge in [-0.3, -0.25) is 5.10 Å². The molecule has 88 valence electrons. The van der Waals surface area contributed by atoms with Crippen LogP contribution in [0.2, 0.25) is 0 Å². The number of anilines is 1. The molecule has 0 atom stereocenters. The molecule has 2 heterocycles. The van der Waals surface area contributed by atoms with Crippen LogP contribution in [0.25, 0.3) is 11.3 Å². The molecule has 0 aliphatic carbocycles. The normalized spacial score (nSPS) is 13.0. The molecule has 0 bridgehead atoms. The molecule has 3 rings (SSSR count). The van der Waals surface area contributed by atoms with Gasteiger partial charge in [0.15, 0.2) is 11.5 Å². The third-order valence-corrected chi connectivity index (χ3v) is 2.57. The second-order valence-electron chi connectivity index (χ2n) is 3.72. The van der Waals surface area contributed by atoms with E-state index in [1.165, 1.54) is 0 Å². The minimum Gasteiger partial charge on any atom is -0.454 e. The first-order valence-electron chi connectivity index (χ1n) is 5.07. The van der Waals surface area contributed by atoms with Crippen molar-refractivity contribution in [2.75, 3.05) is 12.5 Å². The molecule has 1 aliphatic heterocycles. The molecule has 0 saturated heterocycles. The van der Waals surface area contributed by atoms with Crippen LogP contribution >= 0.6 is 0 Å². The summed E-state index contributed by atoms with van der Waals surface area (Å²) >= 11 is 0. The summed E-state index contributed by atoms with van der Waals surface area (Å²) in [5.41, 5.74) is 7.45. The Bertz CT molecular complexity index is 568. The lowest BCUT2D eigenvalue weighted by molar-refractivity contribution is 0.174. The highest BCUT2D eigenvalue weighted by molar-refractivity contribution is 5.74. The standard InChI is InChI=1S/C11H10FN3O2/c12-4-6-1-7(8-3-10(13)15-14-8)11-9(2-6)16-5-17-11/h1-3H,4-5H2,(H3,13,14,15). The summed E-state index contributed by atoms with van der Waals surface area (Å²) in [6, 6.07) is 4.99. The number of nitrogens with one attached hydrogen (secondary N) is 1. The molecule has 17 heavy (non-hydrogen) atoms. The number of nitrogen functional groups attached to an aromatic ring is 1. The summed E-state index contributed by atoms with van der Waals surface area (Å²) in [4.78, 5) is 0. The van der Waals surface area contributed by atoms with Crippen molar-refractivity contribution in [3.63, 3.8) is 0 Å². The molecule has 1 aliphatic rings. The van der Waals surface area contributed by atoms with E-state index in [9.17, 15) is 4.39 Å². The van der Waals surface area contributed by atoms with Crippen LogP contribution in [0.1, 0.15) is 5.56 Å². The number of alkyl halides is 1. The number of nitrogens with two attached hydrogens (primary N) is 1. The molecular weight excluding hydrogens is 225 g/mol. The fourth-order valence-electron chi connectivity index (χ4n) is 1.82. The first-order valence-corrected chi connectivity index (χ1v) is 5.07. The Morgan fingerprint density at radius 3 is 2.94 bits per heavy atom. The summed E-state index contributed by atoms with van der Waals surface area (Å²) in [7, 11) is 0. The number of nitrogens with zero attached hydrogens (tertiary/aromatic N) is 1. The average Bonchev–Trinajstić information content (AvgIpc) is 2.95. The Morgan fingerprint density at radius 2 is 2.24 bits per heavy atom. The summed E-state index contributed by atoms with van der Waals surface area (Å²) in [6.07, 6.45) is 0. The molecule has 2 aromatic rings. The van der Waals surface area contributed by atoms with E-state index in [1.54, 1.807) is 18.2 Å². The molecule has 0 unspecified atom stereocenters. The van der Waals surface area contributed by atoms with Crippen LogP contribution < -0.4 is 15.2 Å². The molecule has 0 spiro atoms. The van der Waals surface area contributed by atoms with Crippen molar-refractivity contribution in [1.29, 1.82) is 0 Å². The predicted molar refractivity (Wildman–Crippen MR) is 59.4 cm³/mol. The monoisotopic (exact) mass is 235 g/mol. The first kappa shape index (κ1) is 9.95. The van der Waals surface area contributed by atoms with Gasteiger partial charge < -0.3 is 15.2 Å². The smallest absolute Gasteiger partial charge is 0.231 e. The number of ether oxygens (including phenoxy) is 2. The van der Waals surface area contributed by atoms with Crippen LogP contribution in [-0.4, -0.2) is 17.0 Å². The van der Waals surface area contributed by atoms with E-state index in [-0.39, 0.29) is 6.79 Å². The van der Waals surface area contributed by atoms with Gasteiger partial charge in [-0.2, -0.15) is 5.10 Å². The fraction of sp³-hybridized carbons (Fsp3) is 0.182. The molecule has 0 saturated carbocycles. The molecule has 1 aromatic heterocycles. The highest BCUT2D eigenvalue weighted by Crippen LogP contribution is 2.42. The topological polar surface area (TPSA) is 73.2 Å². The lowest BCUT2D eigenvalue weighted by Crippen LogP contribution is -1.93. The number of hydrogen-bond donors (Lipinski definition) is 2.